The van der Waals surface area contributed by atoms with Crippen molar-refractivity contribution in [2.75, 3.05) is 5.32 Å². The minimum Gasteiger partial charge on any atom is -0.476 e. The molecule has 0 saturated carbocycles. The molecule has 0 amide bonds. The first kappa shape index (κ1) is 14.8. The van der Waals surface area contributed by atoms with E-state index in [1.807, 2.05) is 12.1 Å². The Morgan fingerprint density at radius 1 is 1.32 bits per heavy atom. The molecule has 4 aromatic rings. The maximum atomic E-state index is 11.2. The Hall–Kier alpha value is -3.79. The Morgan fingerprint density at radius 2 is 2.20 bits per heavy atom. The van der Waals surface area contributed by atoms with Crippen molar-refractivity contribution in [3.05, 3.63) is 65.9 Å². The number of hydrogen-bond donors (Lipinski definition) is 2. The van der Waals surface area contributed by atoms with Crippen LogP contribution in [-0.4, -0.2) is 20.5 Å². The fourth-order valence-corrected chi connectivity index (χ4v) is 2.83. The average molecular weight is 332 g/mol. The molecule has 0 unspecified atom stereocenters. The molecule has 0 saturated heterocycles. The Labute approximate surface area is 141 Å². The zero-order valence-electron chi connectivity index (χ0n) is 12.9. The molecular weight excluding hydrogens is 320 g/mol. The van der Waals surface area contributed by atoms with Gasteiger partial charge in [-0.25, -0.2) is 9.78 Å². The molecule has 0 aliphatic rings. The summed E-state index contributed by atoms with van der Waals surface area (Å²) in [4.78, 5) is 15.3. The molecule has 0 radical (unpaired) electrons. The lowest BCUT2D eigenvalue weighted by Crippen LogP contribution is -2.02. The molecule has 1 aromatic carbocycles. The lowest BCUT2D eigenvalue weighted by atomic mass is 10.1. The van der Waals surface area contributed by atoms with Gasteiger partial charge in [0.1, 0.15) is 17.5 Å². The largest absolute Gasteiger partial charge is 0.476 e. The number of aromatic carboxylic acids is 1. The highest BCUT2D eigenvalue weighted by Crippen LogP contribution is 2.29. The first-order valence-corrected chi connectivity index (χ1v) is 7.52. The van der Waals surface area contributed by atoms with Crippen LogP contribution in [-0.2, 0) is 6.54 Å². The van der Waals surface area contributed by atoms with Crippen molar-refractivity contribution in [2.24, 2.45) is 0 Å². The van der Waals surface area contributed by atoms with Gasteiger partial charge in [0.15, 0.2) is 5.69 Å². The minimum absolute atomic E-state index is 0.0260. The van der Waals surface area contributed by atoms with Gasteiger partial charge < -0.3 is 14.8 Å². The van der Waals surface area contributed by atoms with E-state index in [1.165, 1.54) is 6.20 Å². The number of nitrogens with one attached hydrogen (secondary N) is 1. The van der Waals surface area contributed by atoms with Crippen molar-refractivity contribution in [1.29, 1.82) is 5.26 Å². The molecule has 0 spiro atoms. The summed E-state index contributed by atoms with van der Waals surface area (Å²) in [6, 6.07) is 12.9. The molecule has 25 heavy (non-hydrogen) atoms. The number of pyridine rings is 1. The number of furan rings is 1. The highest BCUT2D eigenvalue weighted by Gasteiger charge is 2.14. The zero-order valence-corrected chi connectivity index (χ0v) is 12.9. The smallest absolute Gasteiger partial charge is 0.356 e. The summed E-state index contributed by atoms with van der Waals surface area (Å²) < 4.78 is 7.02. The molecule has 122 valence electrons. The van der Waals surface area contributed by atoms with Gasteiger partial charge in [0.2, 0.25) is 0 Å². The van der Waals surface area contributed by atoms with E-state index >= 15 is 0 Å². The third-order valence-electron chi connectivity index (χ3n) is 3.97. The Bertz CT molecular complexity index is 1140. The van der Waals surface area contributed by atoms with Gasteiger partial charge in [-0.05, 0) is 36.4 Å². The van der Waals surface area contributed by atoms with Crippen LogP contribution in [0.3, 0.4) is 0 Å². The van der Waals surface area contributed by atoms with Crippen LogP contribution in [0.15, 0.2) is 53.3 Å². The van der Waals surface area contributed by atoms with E-state index in [1.54, 1.807) is 34.9 Å². The molecule has 3 aromatic heterocycles. The van der Waals surface area contributed by atoms with E-state index in [9.17, 15) is 10.1 Å². The maximum absolute atomic E-state index is 11.2. The van der Waals surface area contributed by atoms with Crippen LogP contribution in [0, 0.1) is 11.3 Å². The number of anilines is 1. The number of aromatic nitrogens is 2. The molecule has 0 atom stereocenters. The fourth-order valence-electron chi connectivity index (χ4n) is 2.83. The van der Waals surface area contributed by atoms with E-state index in [-0.39, 0.29) is 5.69 Å². The number of rotatable bonds is 4. The maximum Gasteiger partial charge on any atom is 0.356 e. The van der Waals surface area contributed by atoms with Gasteiger partial charge in [-0.3, -0.25) is 4.40 Å². The van der Waals surface area contributed by atoms with Gasteiger partial charge in [-0.1, -0.05) is 0 Å². The second kappa shape index (κ2) is 5.69. The predicted octanol–water partition coefficient (Wildman–Crippen LogP) is 3.26. The average Bonchev–Trinajstić information content (AvgIpc) is 3.28. The van der Waals surface area contributed by atoms with E-state index < -0.39 is 5.97 Å². The van der Waals surface area contributed by atoms with Crippen molar-refractivity contribution in [3.63, 3.8) is 0 Å². The second-order valence-electron chi connectivity index (χ2n) is 5.46. The summed E-state index contributed by atoms with van der Waals surface area (Å²) in [5.74, 6) is -0.334. The topological polar surface area (TPSA) is 104 Å². The molecule has 0 aliphatic heterocycles. The zero-order chi connectivity index (χ0) is 17.4. The number of benzene rings is 1. The number of carboxylic acids is 1. The number of carboxylic acid groups (broad SMARTS) is 1. The van der Waals surface area contributed by atoms with Gasteiger partial charge in [0, 0.05) is 11.6 Å². The van der Waals surface area contributed by atoms with E-state index in [4.69, 9.17) is 9.52 Å². The summed E-state index contributed by atoms with van der Waals surface area (Å²) in [6.07, 6.45) is 3.07. The molecule has 0 fully saturated rings. The molecule has 4 rings (SSSR count). The SMILES string of the molecule is N#Cc1ccc2c(ccc3nc(C(=O)O)cn32)c1NCc1ccco1. The van der Waals surface area contributed by atoms with Crippen molar-refractivity contribution < 1.29 is 14.3 Å². The quantitative estimate of drug-likeness (QED) is 0.594. The van der Waals surface area contributed by atoms with Gasteiger partial charge in [0.05, 0.1) is 29.6 Å². The van der Waals surface area contributed by atoms with Crippen LogP contribution in [0.1, 0.15) is 21.8 Å². The third-order valence-corrected chi connectivity index (χ3v) is 3.97. The first-order valence-electron chi connectivity index (χ1n) is 7.52. The van der Waals surface area contributed by atoms with Crippen LogP contribution >= 0.6 is 0 Å². The highest BCUT2D eigenvalue weighted by molar-refractivity contribution is 5.97. The molecule has 0 aliphatic carbocycles. The molecular formula is C18H12N4O3. The Balaban J connectivity index is 1.88. The van der Waals surface area contributed by atoms with Gasteiger partial charge >= 0.3 is 5.97 Å². The number of nitrogens with zero attached hydrogens (tertiary/aromatic N) is 3. The molecule has 7 heteroatoms. The first-order chi connectivity index (χ1) is 12.2. The lowest BCUT2D eigenvalue weighted by molar-refractivity contribution is 0.0691. The van der Waals surface area contributed by atoms with E-state index in [0.717, 1.165) is 16.7 Å². The number of imidazole rings is 1. The standard InChI is InChI=1S/C18H12N4O3/c19-8-11-3-5-15-13(17(11)20-9-12-2-1-7-25-12)4-6-16-21-14(18(23)24)10-22(15)16/h1-7,10,20H,9H2,(H,23,24). The van der Waals surface area contributed by atoms with Crippen molar-refractivity contribution in [1.82, 2.24) is 9.38 Å². The Kier molecular flexibility index (Phi) is 3.36. The molecule has 7 nitrogen and oxygen atoms in total. The van der Waals surface area contributed by atoms with Gasteiger partial charge in [-0.15, -0.1) is 0 Å². The normalized spacial score (nSPS) is 10.8. The summed E-state index contributed by atoms with van der Waals surface area (Å²) in [6.45, 7) is 0.434. The number of nitriles is 1. The van der Waals surface area contributed by atoms with Crippen LogP contribution in [0.5, 0.6) is 0 Å². The van der Waals surface area contributed by atoms with E-state index in [0.29, 0.717) is 23.4 Å². The summed E-state index contributed by atoms with van der Waals surface area (Å²) in [5, 5.41) is 22.6. The van der Waals surface area contributed by atoms with Gasteiger partial charge in [0.25, 0.3) is 0 Å². The fraction of sp³-hybridized carbons (Fsp3) is 0.0556. The van der Waals surface area contributed by atoms with Crippen LogP contribution in [0.25, 0.3) is 16.6 Å². The van der Waals surface area contributed by atoms with E-state index in [2.05, 4.69) is 16.4 Å². The summed E-state index contributed by atoms with van der Waals surface area (Å²) in [7, 11) is 0. The van der Waals surface area contributed by atoms with Crippen molar-refractivity contribution >= 4 is 28.2 Å². The van der Waals surface area contributed by atoms with Crippen LogP contribution in [0.2, 0.25) is 0 Å². The predicted molar refractivity (Wildman–Crippen MR) is 90.4 cm³/mol. The van der Waals surface area contributed by atoms with Crippen LogP contribution in [0.4, 0.5) is 5.69 Å². The summed E-state index contributed by atoms with van der Waals surface area (Å²) >= 11 is 0. The number of fused-ring (bicyclic) bond motifs is 3. The molecule has 3 heterocycles. The lowest BCUT2D eigenvalue weighted by Gasteiger charge is -2.12. The Morgan fingerprint density at radius 3 is 2.92 bits per heavy atom. The molecule has 0 bridgehead atoms. The summed E-state index contributed by atoms with van der Waals surface area (Å²) in [5.41, 5.74) is 2.44. The minimum atomic E-state index is -1.08. The second-order valence-corrected chi connectivity index (χ2v) is 5.46. The van der Waals surface area contributed by atoms with Gasteiger partial charge in [-0.2, -0.15) is 5.26 Å². The van der Waals surface area contributed by atoms with Crippen LogP contribution < -0.4 is 5.32 Å². The molecule has 2 N–H and O–H groups in total. The number of hydrogen-bond acceptors (Lipinski definition) is 5. The van der Waals surface area contributed by atoms with Crippen molar-refractivity contribution in [3.8, 4) is 6.07 Å². The third kappa shape index (κ3) is 2.46. The number of carbonyl (C=O) groups is 1. The highest BCUT2D eigenvalue weighted by atomic mass is 16.4. The monoisotopic (exact) mass is 332 g/mol. The van der Waals surface area contributed by atoms with Crippen molar-refractivity contribution in [2.45, 2.75) is 6.54 Å².